The Kier molecular flexibility index (Phi) is 8.06. The third-order valence-electron chi connectivity index (χ3n) is 6.64. The Hall–Kier alpha value is -4.05. The number of benzene rings is 3. The van der Waals surface area contributed by atoms with Crippen molar-refractivity contribution in [3.63, 3.8) is 0 Å². The van der Waals surface area contributed by atoms with Crippen LogP contribution in [0, 0.1) is 18.3 Å². The fraction of sp³-hybridized carbons (Fsp3) is 0.310. The molecule has 36 heavy (non-hydrogen) atoms. The van der Waals surface area contributed by atoms with Gasteiger partial charge in [0.05, 0.1) is 13.7 Å². The normalized spacial score (nSPS) is 13.8. The Balaban J connectivity index is 1.33. The van der Waals surface area contributed by atoms with Gasteiger partial charge >= 0.3 is 0 Å². The molecule has 0 atom stereocenters. The van der Waals surface area contributed by atoms with E-state index in [1.807, 2.05) is 17.0 Å². The Morgan fingerprint density at radius 3 is 2.64 bits per heavy atom. The molecule has 1 N–H and O–H groups in total. The number of phenols is 1. The molecule has 1 aliphatic heterocycles. The molecule has 7 heteroatoms. The van der Waals surface area contributed by atoms with Crippen molar-refractivity contribution in [1.82, 2.24) is 4.90 Å². The first kappa shape index (κ1) is 25.1. The second-order valence-electron chi connectivity index (χ2n) is 8.96. The summed E-state index contributed by atoms with van der Waals surface area (Å²) in [5.41, 5.74) is 2.38. The zero-order valence-corrected chi connectivity index (χ0v) is 20.2. The highest BCUT2D eigenvalue weighted by molar-refractivity contribution is 5.81. The number of phenolic OH excluding ortho intramolecular Hbond substituents is 1. The van der Waals surface area contributed by atoms with E-state index in [-0.39, 0.29) is 18.3 Å². The fourth-order valence-corrected chi connectivity index (χ4v) is 4.56. The lowest BCUT2D eigenvalue weighted by Crippen LogP contribution is -2.41. The summed E-state index contributed by atoms with van der Waals surface area (Å²) in [6, 6.07) is 16.6. The molecule has 0 aliphatic carbocycles. The lowest BCUT2D eigenvalue weighted by Gasteiger charge is -2.32. The molecule has 1 fully saturated rings. The van der Waals surface area contributed by atoms with Gasteiger partial charge in [-0.05, 0) is 73.6 Å². The van der Waals surface area contributed by atoms with Crippen LogP contribution in [-0.4, -0.2) is 42.7 Å². The number of halogens is 1. The van der Waals surface area contributed by atoms with Crippen molar-refractivity contribution < 1.29 is 23.8 Å². The second kappa shape index (κ2) is 11.6. The van der Waals surface area contributed by atoms with Crippen LogP contribution in [0.25, 0.3) is 16.0 Å². The predicted octanol–water partition coefficient (Wildman–Crippen LogP) is 6.01. The molecule has 4 rings (SSSR count). The first-order chi connectivity index (χ1) is 17.5. The van der Waals surface area contributed by atoms with Gasteiger partial charge in [-0.1, -0.05) is 18.2 Å². The number of ether oxygens (including phenoxy) is 2. The SMILES string of the molecule is [C-]#[N+]c1ccc(OCC(=O)N2CCC(CCc3cccc(OC)c3)CC2)c(-c2ccc(F)cc2O)c1. The van der Waals surface area contributed by atoms with Gasteiger partial charge in [0, 0.05) is 30.3 Å². The van der Waals surface area contributed by atoms with Crippen LogP contribution in [0.3, 0.4) is 0 Å². The van der Waals surface area contributed by atoms with Crippen molar-refractivity contribution in [2.45, 2.75) is 25.7 Å². The van der Waals surface area contributed by atoms with Crippen LogP contribution in [-0.2, 0) is 11.2 Å². The Bertz CT molecular complexity index is 1260. The van der Waals surface area contributed by atoms with E-state index < -0.39 is 5.82 Å². The number of methoxy groups -OCH3 is 1. The number of aromatic hydroxyl groups is 1. The number of hydrogen-bond donors (Lipinski definition) is 1. The van der Waals surface area contributed by atoms with E-state index in [1.165, 1.54) is 17.7 Å². The quantitative estimate of drug-likeness (QED) is 0.395. The van der Waals surface area contributed by atoms with Crippen LogP contribution in [0.4, 0.5) is 10.1 Å². The molecule has 6 nitrogen and oxygen atoms in total. The molecule has 1 amide bonds. The first-order valence-corrected chi connectivity index (χ1v) is 12.0. The summed E-state index contributed by atoms with van der Waals surface area (Å²) in [5, 5.41) is 10.2. The van der Waals surface area contributed by atoms with E-state index in [2.05, 4.69) is 17.0 Å². The van der Waals surface area contributed by atoms with Gasteiger partial charge in [0.1, 0.15) is 23.1 Å². The van der Waals surface area contributed by atoms with Crippen molar-refractivity contribution in [2.24, 2.45) is 5.92 Å². The Labute approximate surface area is 210 Å². The van der Waals surface area contributed by atoms with Gasteiger partial charge in [0.2, 0.25) is 0 Å². The van der Waals surface area contributed by atoms with Gasteiger partial charge in [-0.2, -0.15) is 0 Å². The Morgan fingerprint density at radius 1 is 1.11 bits per heavy atom. The highest BCUT2D eigenvalue weighted by Crippen LogP contribution is 2.38. The van der Waals surface area contributed by atoms with Gasteiger partial charge in [0.25, 0.3) is 5.91 Å². The van der Waals surface area contributed by atoms with Crippen LogP contribution in [0.1, 0.15) is 24.8 Å². The summed E-state index contributed by atoms with van der Waals surface area (Å²) >= 11 is 0. The lowest BCUT2D eigenvalue weighted by molar-refractivity contribution is -0.134. The number of rotatable bonds is 8. The number of likely N-dealkylation sites (tertiary alicyclic amines) is 1. The minimum absolute atomic E-state index is 0.107. The molecule has 3 aromatic rings. The molecule has 3 aromatic carbocycles. The molecule has 0 spiro atoms. The molecule has 186 valence electrons. The maximum absolute atomic E-state index is 13.5. The zero-order valence-electron chi connectivity index (χ0n) is 20.2. The maximum Gasteiger partial charge on any atom is 0.260 e. The molecule has 0 bridgehead atoms. The third kappa shape index (κ3) is 6.14. The molecule has 1 heterocycles. The molecule has 0 aromatic heterocycles. The van der Waals surface area contributed by atoms with Gasteiger partial charge in [-0.3, -0.25) is 4.79 Å². The second-order valence-corrected chi connectivity index (χ2v) is 8.96. The summed E-state index contributed by atoms with van der Waals surface area (Å²) in [7, 11) is 1.67. The number of piperidine rings is 1. The summed E-state index contributed by atoms with van der Waals surface area (Å²) in [4.78, 5) is 18.1. The van der Waals surface area contributed by atoms with E-state index in [9.17, 15) is 14.3 Å². The standard InChI is InChI=1S/C29H29FN2O4/c1-31-23-9-11-28(26(18-23)25-10-8-22(30)17-27(25)33)36-19-29(34)32-14-12-20(13-15-32)6-7-21-4-3-5-24(16-21)35-2/h3-5,8-11,16-18,20,33H,6-7,12-15,19H2,2H3. The molecule has 0 saturated carbocycles. The highest BCUT2D eigenvalue weighted by atomic mass is 19.1. The minimum atomic E-state index is -0.567. The monoisotopic (exact) mass is 488 g/mol. The molecular weight excluding hydrogens is 459 g/mol. The van der Waals surface area contributed by atoms with E-state index >= 15 is 0 Å². The van der Waals surface area contributed by atoms with Crippen LogP contribution in [0.2, 0.25) is 0 Å². The lowest BCUT2D eigenvalue weighted by atomic mass is 9.90. The zero-order chi connectivity index (χ0) is 25.5. The van der Waals surface area contributed by atoms with Gasteiger partial charge < -0.3 is 19.5 Å². The minimum Gasteiger partial charge on any atom is -0.507 e. The molecule has 0 radical (unpaired) electrons. The summed E-state index contributed by atoms with van der Waals surface area (Å²) in [5.74, 6) is 0.854. The fourth-order valence-electron chi connectivity index (χ4n) is 4.56. The van der Waals surface area contributed by atoms with Gasteiger partial charge in [0.15, 0.2) is 12.3 Å². The van der Waals surface area contributed by atoms with E-state index in [4.69, 9.17) is 16.0 Å². The number of carbonyl (C=O) groups excluding carboxylic acids is 1. The van der Waals surface area contributed by atoms with Crippen molar-refractivity contribution in [1.29, 1.82) is 0 Å². The van der Waals surface area contributed by atoms with Crippen molar-refractivity contribution in [2.75, 3.05) is 26.8 Å². The number of amides is 1. The highest BCUT2D eigenvalue weighted by Gasteiger charge is 2.23. The van der Waals surface area contributed by atoms with E-state index in [1.54, 1.807) is 25.3 Å². The smallest absolute Gasteiger partial charge is 0.260 e. The molecular formula is C29H29FN2O4. The number of nitrogens with zero attached hydrogens (tertiary/aromatic N) is 2. The topological polar surface area (TPSA) is 63.4 Å². The van der Waals surface area contributed by atoms with Crippen LogP contribution >= 0.6 is 0 Å². The van der Waals surface area contributed by atoms with Crippen LogP contribution in [0.5, 0.6) is 17.2 Å². The van der Waals surface area contributed by atoms with Crippen LogP contribution < -0.4 is 9.47 Å². The number of carbonyl (C=O) groups is 1. The maximum atomic E-state index is 13.5. The van der Waals surface area contributed by atoms with Crippen molar-refractivity contribution in [3.05, 3.63) is 83.5 Å². The molecule has 1 aliphatic rings. The third-order valence-corrected chi connectivity index (χ3v) is 6.64. The number of hydrogen-bond acceptors (Lipinski definition) is 4. The predicted molar refractivity (Wildman–Crippen MR) is 136 cm³/mol. The van der Waals surface area contributed by atoms with E-state index in [0.717, 1.165) is 37.5 Å². The van der Waals surface area contributed by atoms with Gasteiger partial charge in [-0.25, -0.2) is 9.24 Å². The average Bonchev–Trinajstić information content (AvgIpc) is 2.91. The summed E-state index contributed by atoms with van der Waals surface area (Å²) in [6.45, 7) is 8.50. The van der Waals surface area contributed by atoms with Gasteiger partial charge in [-0.15, -0.1) is 0 Å². The van der Waals surface area contributed by atoms with Crippen molar-refractivity contribution in [3.8, 4) is 28.4 Å². The summed E-state index contributed by atoms with van der Waals surface area (Å²) in [6.07, 6.45) is 3.95. The first-order valence-electron chi connectivity index (χ1n) is 12.0. The largest absolute Gasteiger partial charge is 0.507 e. The number of aryl methyl sites for hydroxylation is 1. The Morgan fingerprint density at radius 2 is 1.92 bits per heavy atom. The van der Waals surface area contributed by atoms with E-state index in [0.29, 0.717) is 41.6 Å². The molecule has 1 saturated heterocycles. The van der Waals surface area contributed by atoms with Crippen molar-refractivity contribution >= 4 is 11.6 Å². The molecule has 0 unspecified atom stereocenters. The summed E-state index contributed by atoms with van der Waals surface area (Å²) < 4.78 is 24.6. The van der Waals surface area contributed by atoms with Crippen LogP contribution in [0.15, 0.2) is 60.7 Å². The average molecular weight is 489 g/mol.